The number of carbonyl (C=O) groups excluding carboxylic acids is 1. The van der Waals surface area contributed by atoms with Crippen molar-refractivity contribution in [3.63, 3.8) is 0 Å². The van der Waals surface area contributed by atoms with Gasteiger partial charge < -0.3 is 5.32 Å². The van der Waals surface area contributed by atoms with Gasteiger partial charge in [-0.2, -0.15) is 0 Å². The van der Waals surface area contributed by atoms with E-state index in [2.05, 4.69) is 65.8 Å². The molecule has 4 aromatic rings. The number of benzene rings is 3. The Hall–Kier alpha value is -3.46. The lowest BCUT2D eigenvalue weighted by molar-refractivity contribution is -0.126. The lowest BCUT2D eigenvalue weighted by atomic mass is 9.52. The summed E-state index contributed by atoms with van der Waals surface area (Å²) in [5.74, 6) is 0.983. The Morgan fingerprint density at radius 1 is 0.867 bits per heavy atom. The molecule has 0 saturated heterocycles. The zero-order chi connectivity index (χ0) is 20.3. The average Bonchev–Trinajstić information content (AvgIpc) is 2.79. The maximum absolute atomic E-state index is 13.8. The number of fused-ring (bicyclic) bond motifs is 2. The second-order valence-electron chi connectivity index (χ2n) is 8.70. The molecule has 1 N–H and O–H groups in total. The fourth-order valence-corrected chi connectivity index (χ4v) is 5.66. The van der Waals surface area contributed by atoms with Gasteiger partial charge in [-0.05, 0) is 47.1 Å². The summed E-state index contributed by atoms with van der Waals surface area (Å²) in [5.41, 5.74) is 4.78. The van der Waals surface area contributed by atoms with E-state index in [1.807, 2.05) is 30.3 Å². The van der Waals surface area contributed by atoms with Crippen LogP contribution in [-0.4, -0.2) is 10.9 Å². The highest BCUT2D eigenvalue weighted by atomic mass is 16.2. The van der Waals surface area contributed by atoms with Crippen LogP contribution in [0.2, 0.25) is 0 Å². The second kappa shape index (κ2) is 6.27. The Bertz CT molecular complexity index is 1260. The highest BCUT2D eigenvalue weighted by Gasteiger charge is 2.53. The van der Waals surface area contributed by atoms with E-state index < -0.39 is 5.41 Å². The molecular formula is C27H22N2O. The van der Waals surface area contributed by atoms with Crippen LogP contribution in [0.4, 0.5) is 5.82 Å². The van der Waals surface area contributed by atoms with E-state index in [0.29, 0.717) is 5.82 Å². The molecule has 3 aliphatic rings. The normalized spacial score (nSPS) is 23.6. The third-order valence-corrected chi connectivity index (χ3v) is 7.05. The molecule has 2 bridgehead atoms. The molecule has 1 amide bonds. The van der Waals surface area contributed by atoms with Gasteiger partial charge in [-0.3, -0.25) is 4.79 Å². The van der Waals surface area contributed by atoms with Crippen LogP contribution in [0.5, 0.6) is 0 Å². The molecule has 1 atom stereocenters. The Morgan fingerprint density at radius 3 is 2.17 bits per heavy atom. The maximum atomic E-state index is 13.8. The van der Waals surface area contributed by atoms with E-state index >= 15 is 0 Å². The first-order chi connectivity index (χ1) is 14.7. The first kappa shape index (κ1) is 17.4. The SMILES string of the molecule is CC1(C(=O)Nc2nccc3ccccc23)CC2c3ccccc3C1c1ccccc12. The zero-order valence-corrected chi connectivity index (χ0v) is 16.8. The third-order valence-electron chi connectivity index (χ3n) is 7.05. The van der Waals surface area contributed by atoms with E-state index in [9.17, 15) is 4.79 Å². The largest absolute Gasteiger partial charge is 0.310 e. The molecule has 3 aromatic carbocycles. The number of nitrogens with zero attached hydrogens (tertiary/aromatic N) is 1. The Labute approximate surface area is 175 Å². The van der Waals surface area contributed by atoms with Gasteiger partial charge in [0.25, 0.3) is 0 Å². The van der Waals surface area contributed by atoms with Gasteiger partial charge in [0, 0.05) is 23.4 Å². The summed E-state index contributed by atoms with van der Waals surface area (Å²) in [6.07, 6.45) is 2.57. The lowest BCUT2D eigenvalue weighted by Crippen LogP contribution is -2.47. The minimum absolute atomic E-state index is 0.0462. The first-order valence-corrected chi connectivity index (χ1v) is 10.5. The Balaban J connectivity index is 1.46. The molecule has 1 aromatic heterocycles. The first-order valence-electron chi connectivity index (χ1n) is 10.5. The minimum Gasteiger partial charge on any atom is -0.310 e. The average molecular weight is 390 g/mol. The smallest absolute Gasteiger partial charge is 0.232 e. The van der Waals surface area contributed by atoms with E-state index in [-0.39, 0.29) is 17.7 Å². The van der Waals surface area contributed by atoms with Crippen molar-refractivity contribution in [1.29, 1.82) is 0 Å². The monoisotopic (exact) mass is 390 g/mol. The van der Waals surface area contributed by atoms with Crippen LogP contribution in [0.1, 0.15) is 47.4 Å². The standard InChI is InChI=1S/C27H22N2O/c1-27(26(30)29-25-18-9-3-2-8-17(18)14-15-28-25)16-23-19-10-4-6-12-21(19)24(27)22-13-7-5-11-20(22)23/h2-15,23-24H,16H2,1H3,(H,28,29,30). The highest BCUT2D eigenvalue weighted by molar-refractivity contribution is 6.03. The van der Waals surface area contributed by atoms with Crippen molar-refractivity contribution in [2.24, 2.45) is 5.41 Å². The van der Waals surface area contributed by atoms with Crippen molar-refractivity contribution in [2.75, 3.05) is 5.32 Å². The van der Waals surface area contributed by atoms with E-state index in [0.717, 1.165) is 17.2 Å². The predicted octanol–water partition coefficient (Wildman–Crippen LogP) is 5.86. The van der Waals surface area contributed by atoms with Gasteiger partial charge in [0.2, 0.25) is 5.91 Å². The summed E-state index contributed by atoms with van der Waals surface area (Å²) in [5, 5.41) is 5.24. The van der Waals surface area contributed by atoms with Gasteiger partial charge in [-0.1, -0.05) is 72.8 Å². The van der Waals surface area contributed by atoms with Crippen LogP contribution in [0.25, 0.3) is 10.8 Å². The van der Waals surface area contributed by atoms with Crippen molar-refractivity contribution in [2.45, 2.75) is 25.2 Å². The number of nitrogens with one attached hydrogen (secondary N) is 1. The Kier molecular flexibility index (Phi) is 3.64. The van der Waals surface area contributed by atoms with Crippen LogP contribution < -0.4 is 5.32 Å². The number of pyridine rings is 1. The molecule has 0 spiro atoms. The van der Waals surface area contributed by atoms with Crippen LogP contribution >= 0.6 is 0 Å². The van der Waals surface area contributed by atoms with E-state index in [1.165, 1.54) is 22.3 Å². The fourth-order valence-electron chi connectivity index (χ4n) is 5.66. The Morgan fingerprint density at radius 2 is 1.47 bits per heavy atom. The summed E-state index contributed by atoms with van der Waals surface area (Å²) in [7, 11) is 0. The summed E-state index contributed by atoms with van der Waals surface area (Å²) >= 11 is 0. The van der Waals surface area contributed by atoms with Gasteiger partial charge >= 0.3 is 0 Å². The molecular weight excluding hydrogens is 368 g/mol. The number of rotatable bonds is 2. The summed E-state index contributed by atoms with van der Waals surface area (Å²) in [4.78, 5) is 18.3. The van der Waals surface area contributed by atoms with Crippen LogP contribution in [0.15, 0.2) is 85.1 Å². The molecule has 30 heavy (non-hydrogen) atoms. The number of hydrogen-bond donors (Lipinski definition) is 1. The van der Waals surface area contributed by atoms with Gasteiger partial charge in [0.05, 0.1) is 5.41 Å². The molecule has 0 fully saturated rings. The molecule has 3 heteroatoms. The van der Waals surface area contributed by atoms with Crippen LogP contribution in [0.3, 0.4) is 0 Å². The van der Waals surface area contributed by atoms with Crippen molar-refractivity contribution in [3.8, 4) is 0 Å². The van der Waals surface area contributed by atoms with E-state index in [4.69, 9.17) is 0 Å². The molecule has 0 aliphatic heterocycles. The maximum Gasteiger partial charge on any atom is 0.232 e. The minimum atomic E-state index is -0.536. The summed E-state index contributed by atoms with van der Waals surface area (Å²) < 4.78 is 0. The number of aromatic nitrogens is 1. The lowest BCUT2D eigenvalue weighted by Gasteiger charge is -2.50. The van der Waals surface area contributed by atoms with Gasteiger partial charge in [-0.25, -0.2) is 4.98 Å². The summed E-state index contributed by atoms with van der Waals surface area (Å²) in [6.45, 7) is 2.12. The molecule has 146 valence electrons. The topological polar surface area (TPSA) is 42.0 Å². The van der Waals surface area contributed by atoms with E-state index in [1.54, 1.807) is 6.20 Å². The highest BCUT2D eigenvalue weighted by Crippen LogP contribution is 2.61. The second-order valence-corrected chi connectivity index (χ2v) is 8.70. The molecule has 3 nitrogen and oxygen atoms in total. The molecule has 1 heterocycles. The number of carbonyl (C=O) groups is 1. The molecule has 0 radical (unpaired) electrons. The van der Waals surface area contributed by atoms with Crippen LogP contribution in [0, 0.1) is 5.41 Å². The molecule has 7 rings (SSSR count). The number of amides is 1. The van der Waals surface area contributed by atoms with Crippen molar-refractivity contribution in [3.05, 3.63) is 107 Å². The van der Waals surface area contributed by atoms with Crippen molar-refractivity contribution < 1.29 is 4.79 Å². The van der Waals surface area contributed by atoms with Gasteiger partial charge in [0.15, 0.2) is 0 Å². The summed E-state index contributed by atoms with van der Waals surface area (Å²) in [6, 6.07) is 27.3. The number of anilines is 1. The molecule has 3 aliphatic carbocycles. The van der Waals surface area contributed by atoms with Gasteiger partial charge in [-0.15, -0.1) is 0 Å². The van der Waals surface area contributed by atoms with Crippen molar-refractivity contribution >= 4 is 22.5 Å². The number of hydrogen-bond acceptors (Lipinski definition) is 2. The van der Waals surface area contributed by atoms with Gasteiger partial charge in [0.1, 0.15) is 5.82 Å². The quantitative estimate of drug-likeness (QED) is 0.466. The molecule has 1 unspecified atom stereocenters. The van der Waals surface area contributed by atoms with Crippen molar-refractivity contribution in [1.82, 2.24) is 4.98 Å². The molecule has 0 saturated carbocycles. The third kappa shape index (κ3) is 2.32. The fraction of sp³-hybridized carbons (Fsp3) is 0.185. The van der Waals surface area contributed by atoms with Crippen LogP contribution in [-0.2, 0) is 4.79 Å². The zero-order valence-electron chi connectivity index (χ0n) is 16.8. The predicted molar refractivity (Wildman–Crippen MR) is 120 cm³/mol.